The molecule has 19 heavy (non-hydrogen) atoms. The van der Waals surface area contributed by atoms with Crippen LogP contribution in [0, 0.1) is 28.6 Å². The maximum absolute atomic E-state index is 11.3. The summed E-state index contributed by atoms with van der Waals surface area (Å²) in [6.45, 7) is 13.1. The lowest BCUT2D eigenvalue weighted by atomic mass is 9.62. The van der Waals surface area contributed by atoms with Crippen LogP contribution >= 0.6 is 0 Å². The van der Waals surface area contributed by atoms with Gasteiger partial charge in [-0.3, -0.25) is 4.79 Å². The Kier molecular flexibility index (Phi) is 2.69. The van der Waals surface area contributed by atoms with E-state index in [4.69, 9.17) is 4.74 Å². The van der Waals surface area contributed by atoms with Gasteiger partial charge in [-0.1, -0.05) is 27.4 Å². The minimum absolute atomic E-state index is 0.0263. The van der Waals surface area contributed by atoms with E-state index in [0.29, 0.717) is 17.3 Å². The van der Waals surface area contributed by atoms with Crippen LogP contribution in [0.25, 0.3) is 0 Å². The first-order chi connectivity index (χ1) is 8.79. The molecule has 0 aromatic rings. The van der Waals surface area contributed by atoms with Gasteiger partial charge in [0, 0.05) is 12.3 Å². The predicted molar refractivity (Wildman–Crippen MR) is 75.5 cm³/mol. The molecule has 2 nitrogen and oxygen atoms in total. The molecule has 5 atom stereocenters. The molecule has 3 fully saturated rings. The summed E-state index contributed by atoms with van der Waals surface area (Å²) in [5, 5.41) is 0. The third-order valence-corrected chi connectivity index (χ3v) is 6.45. The van der Waals surface area contributed by atoms with Crippen LogP contribution in [0.15, 0.2) is 12.2 Å². The van der Waals surface area contributed by atoms with Crippen molar-refractivity contribution in [3.05, 3.63) is 12.2 Å². The molecule has 1 unspecified atom stereocenters. The van der Waals surface area contributed by atoms with Gasteiger partial charge in [-0.2, -0.15) is 0 Å². The van der Waals surface area contributed by atoms with Crippen LogP contribution in [0.2, 0.25) is 0 Å². The van der Waals surface area contributed by atoms with Crippen molar-refractivity contribution in [2.24, 2.45) is 28.6 Å². The van der Waals surface area contributed by atoms with E-state index in [1.54, 1.807) is 0 Å². The fourth-order valence-electron chi connectivity index (χ4n) is 5.77. The summed E-state index contributed by atoms with van der Waals surface area (Å²) in [5.74, 6) is 1.98. The van der Waals surface area contributed by atoms with Crippen molar-refractivity contribution >= 4 is 5.97 Å². The van der Waals surface area contributed by atoms with Crippen LogP contribution in [-0.4, -0.2) is 12.1 Å². The monoisotopic (exact) mass is 262 g/mol. The average Bonchev–Trinajstić information content (AvgIpc) is 2.62. The van der Waals surface area contributed by atoms with Gasteiger partial charge < -0.3 is 4.74 Å². The highest BCUT2D eigenvalue weighted by molar-refractivity contribution is 5.66. The zero-order valence-electron chi connectivity index (χ0n) is 12.7. The standard InChI is InChI=1S/C17H26O2/c1-10-6-7-13-14-8-15(19-12(3)18)11(2)17(10,14)9-16(13,4)5/h10,13-15H,2,6-9H2,1,3-5H3/t10-,13-,14-,15+,17?/m0/s1. The molecule has 2 bridgehead atoms. The number of rotatable bonds is 1. The summed E-state index contributed by atoms with van der Waals surface area (Å²) >= 11 is 0. The molecular formula is C17H26O2. The molecular weight excluding hydrogens is 236 g/mol. The number of carbonyl (C=O) groups is 1. The van der Waals surface area contributed by atoms with Crippen molar-refractivity contribution in [3.8, 4) is 0 Å². The molecule has 106 valence electrons. The Morgan fingerprint density at radius 1 is 1.32 bits per heavy atom. The van der Waals surface area contributed by atoms with E-state index in [2.05, 4.69) is 27.4 Å². The van der Waals surface area contributed by atoms with Gasteiger partial charge in [-0.05, 0) is 54.4 Å². The van der Waals surface area contributed by atoms with E-state index in [9.17, 15) is 4.79 Å². The SMILES string of the molecule is C=C1[C@H](OC(C)=O)C[C@H]2[C@@H]3CC[C@H](C)C12CC3(C)C. The van der Waals surface area contributed by atoms with Gasteiger partial charge in [0.15, 0.2) is 0 Å². The Hall–Kier alpha value is -0.790. The molecule has 3 aliphatic rings. The number of esters is 1. The van der Waals surface area contributed by atoms with Gasteiger partial charge in [0.05, 0.1) is 0 Å². The van der Waals surface area contributed by atoms with Gasteiger partial charge in [-0.25, -0.2) is 0 Å². The van der Waals surface area contributed by atoms with E-state index in [0.717, 1.165) is 12.3 Å². The molecule has 0 spiro atoms. The third-order valence-electron chi connectivity index (χ3n) is 6.45. The normalized spacial score (nSPS) is 47.1. The first-order valence-corrected chi connectivity index (χ1v) is 7.65. The van der Waals surface area contributed by atoms with Crippen molar-refractivity contribution in [1.82, 2.24) is 0 Å². The minimum Gasteiger partial charge on any atom is -0.458 e. The van der Waals surface area contributed by atoms with Crippen LogP contribution < -0.4 is 0 Å². The topological polar surface area (TPSA) is 26.3 Å². The molecule has 0 N–H and O–H groups in total. The molecule has 3 aliphatic carbocycles. The average molecular weight is 262 g/mol. The summed E-state index contributed by atoms with van der Waals surface area (Å²) in [5.41, 5.74) is 1.88. The Morgan fingerprint density at radius 2 is 2.00 bits per heavy atom. The van der Waals surface area contributed by atoms with E-state index >= 15 is 0 Å². The molecule has 0 radical (unpaired) electrons. The first kappa shape index (κ1) is 13.2. The number of ether oxygens (including phenoxy) is 1. The van der Waals surface area contributed by atoms with Crippen molar-refractivity contribution < 1.29 is 9.53 Å². The van der Waals surface area contributed by atoms with Crippen LogP contribution in [0.3, 0.4) is 0 Å². The Balaban J connectivity index is 1.98. The summed E-state index contributed by atoms with van der Waals surface area (Å²) in [7, 11) is 0. The zero-order valence-corrected chi connectivity index (χ0v) is 12.7. The Labute approximate surface area is 116 Å². The van der Waals surface area contributed by atoms with Crippen LogP contribution in [0.1, 0.15) is 53.4 Å². The lowest BCUT2D eigenvalue weighted by Crippen LogP contribution is -2.36. The molecule has 0 aromatic carbocycles. The quantitative estimate of drug-likeness (QED) is 0.528. The third kappa shape index (κ3) is 1.58. The van der Waals surface area contributed by atoms with Gasteiger partial charge in [0.25, 0.3) is 0 Å². The van der Waals surface area contributed by atoms with Crippen molar-refractivity contribution in [2.75, 3.05) is 0 Å². The van der Waals surface area contributed by atoms with Gasteiger partial charge >= 0.3 is 5.97 Å². The molecule has 0 aliphatic heterocycles. The highest BCUT2D eigenvalue weighted by Crippen LogP contribution is 2.72. The van der Waals surface area contributed by atoms with E-state index in [1.807, 2.05) is 0 Å². The van der Waals surface area contributed by atoms with Gasteiger partial charge in [0.2, 0.25) is 0 Å². The number of carbonyl (C=O) groups excluding carboxylic acids is 1. The van der Waals surface area contributed by atoms with E-state index < -0.39 is 0 Å². The summed E-state index contributed by atoms with van der Waals surface area (Å²) < 4.78 is 5.54. The molecule has 0 amide bonds. The first-order valence-electron chi connectivity index (χ1n) is 7.65. The summed E-state index contributed by atoms with van der Waals surface area (Å²) in [4.78, 5) is 11.3. The molecule has 0 aromatic heterocycles. The molecule has 3 saturated carbocycles. The number of hydrogen-bond acceptors (Lipinski definition) is 2. The second-order valence-corrected chi connectivity index (χ2v) is 7.76. The van der Waals surface area contributed by atoms with Crippen molar-refractivity contribution in [2.45, 2.75) is 59.5 Å². The lowest BCUT2D eigenvalue weighted by molar-refractivity contribution is -0.144. The van der Waals surface area contributed by atoms with Crippen molar-refractivity contribution in [1.29, 1.82) is 0 Å². The van der Waals surface area contributed by atoms with Gasteiger partial charge in [0.1, 0.15) is 6.10 Å². The fraction of sp³-hybridized carbons (Fsp3) is 0.824. The summed E-state index contributed by atoms with van der Waals surface area (Å²) in [6, 6.07) is 0. The van der Waals surface area contributed by atoms with Crippen LogP contribution in [0.4, 0.5) is 0 Å². The van der Waals surface area contributed by atoms with Crippen molar-refractivity contribution in [3.63, 3.8) is 0 Å². The fourth-order valence-corrected chi connectivity index (χ4v) is 5.77. The van der Waals surface area contributed by atoms with Crippen LogP contribution in [0.5, 0.6) is 0 Å². The zero-order chi connectivity index (χ0) is 14.0. The predicted octanol–water partition coefficient (Wildman–Crippen LogP) is 3.96. The Morgan fingerprint density at radius 3 is 2.58 bits per heavy atom. The van der Waals surface area contributed by atoms with Crippen LogP contribution in [-0.2, 0) is 9.53 Å². The molecule has 3 rings (SSSR count). The molecule has 0 heterocycles. The largest absolute Gasteiger partial charge is 0.458 e. The Bertz CT molecular complexity index is 437. The molecule has 2 heteroatoms. The van der Waals surface area contributed by atoms with Gasteiger partial charge in [-0.15, -0.1) is 0 Å². The van der Waals surface area contributed by atoms with E-state index in [1.165, 1.54) is 31.8 Å². The second-order valence-electron chi connectivity index (χ2n) is 7.76. The summed E-state index contributed by atoms with van der Waals surface area (Å²) in [6.07, 6.45) is 4.85. The second kappa shape index (κ2) is 3.86. The maximum atomic E-state index is 11.3. The van der Waals surface area contributed by atoms with E-state index in [-0.39, 0.29) is 17.5 Å². The smallest absolute Gasteiger partial charge is 0.303 e. The molecule has 0 saturated heterocycles. The number of hydrogen-bond donors (Lipinski definition) is 0. The minimum atomic E-state index is -0.163. The highest BCUT2D eigenvalue weighted by atomic mass is 16.5. The highest BCUT2D eigenvalue weighted by Gasteiger charge is 2.66. The maximum Gasteiger partial charge on any atom is 0.303 e. The lowest BCUT2D eigenvalue weighted by Gasteiger charge is -2.42.